The number of furan rings is 1. The fraction of sp³-hybridized carbons (Fsp3) is 0.542. The molecule has 1 aromatic heterocycles. The van der Waals surface area contributed by atoms with Gasteiger partial charge in [0.25, 0.3) is 5.91 Å². The second kappa shape index (κ2) is 8.90. The SMILES string of the molecule is CCC(C)N1CCN(C(=O)c2c(C)oc3c2CN(Cc2ccc(F)cc2)CC3)CC1. The van der Waals surface area contributed by atoms with Crippen LogP contribution >= 0.6 is 0 Å². The second-order valence-corrected chi connectivity index (χ2v) is 8.61. The molecule has 1 fully saturated rings. The van der Waals surface area contributed by atoms with E-state index in [0.29, 0.717) is 12.6 Å². The molecular formula is C24H32FN3O2. The molecule has 162 valence electrons. The molecule has 3 heterocycles. The molecule has 6 heteroatoms. The van der Waals surface area contributed by atoms with Gasteiger partial charge in [-0.3, -0.25) is 14.6 Å². The molecule has 1 atom stereocenters. The third-order valence-corrected chi connectivity index (χ3v) is 6.65. The Labute approximate surface area is 178 Å². The first-order valence-electron chi connectivity index (χ1n) is 11.1. The van der Waals surface area contributed by atoms with Gasteiger partial charge in [-0.1, -0.05) is 19.1 Å². The van der Waals surface area contributed by atoms with Crippen LogP contribution in [-0.4, -0.2) is 59.4 Å². The van der Waals surface area contributed by atoms with E-state index in [-0.39, 0.29) is 11.7 Å². The van der Waals surface area contributed by atoms with E-state index < -0.39 is 0 Å². The quantitative estimate of drug-likeness (QED) is 0.747. The maximum Gasteiger partial charge on any atom is 0.257 e. The third kappa shape index (κ3) is 4.30. The van der Waals surface area contributed by atoms with Crippen LogP contribution in [0.5, 0.6) is 0 Å². The lowest BCUT2D eigenvalue weighted by Gasteiger charge is -2.38. The number of carbonyl (C=O) groups is 1. The van der Waals surface area contributed by atoms with Crippen LogP contribution < -0.4 is 0 Å². The molecule has 1 aromatic carbocycles. The zero-order valence-corrected chi connectivity index (χ0v) is 18.3. The van der Waals surface area contributed by atoms with Crippen molar-refractivity contribution in [3.63, 3.8) is 0 Å². The summed E-state index contributed by atoms with van der Waals surface area (Å²) in [6.07, 6.45) is 1.93. The van der Waals surface area contributed by atoms with Gasteiger partial charge >= 0.3 is 0 Å². The van der Waals surface area contributed by atoms with E-state index in [0.717, 1.165) is 80.3 Å². The molecule has 1 unspecified atom stereocenters. The van der Waals surface area contributed by atoms with Crippen LogP contribution in [0.3, 0.4) is 0 Å². The number of halogens is 1. The molecule has 5 nitrogen and oxygen atoms in total. The summed E-state index contributed by atoms with van der Waals surface area (Å²) in [5.74, 6) is 1.57. The Morgan fingerprint density at radius 1 is 1.13 bits per heavy atom. The van der Waals surface area contributed by atoms with E-state index in [1.807, 2.05) is 24.0 Å². The number of hydrogen-bond donors (Lipinski definition) is 0. The van der Waals surface area contributed by atoms with Gasteiger partial charge < -0.3 is 9.32 Å². The van der Waals surface area contributed by atoms with Gasteiger partial charge in [0, 0.05) is 63.8 Å². The van der Waals surface area contributed by atoms with Gasteiger partial charge in [0.2, 0.25) is 0 Å². The Morgan fingerprint density at radius 3 is 2.50 bits per heavy atom. The summed E-state index contributed by atoms with van der Waals surface area (Å²) in [6, 6.07) is 7.22. The summed E-state index contributed by atoms with van der Waals surface area (Å²) in [5, 5.41) is 0. The average molecular weight is 414 g/mol. The van der Waals surface area contributed by atoms with Crippen molar-refractivity contribution in [2.75, 3.05) is 32.7 Å². The fourth-order valence-corrected chi connectivity index (χ4v) is 4.63. The van der Waals surface area contributed by atoms with E-state index in [9.17, 15) is 9.18 Å². The van der Waals surface area contributed by atoms with E-state index >= 15 is 0 Å². The van der Waals surface area contributed by atoms with Gasteiger partial charge in [0.05, 0.1) is 5.56 Å². The number of benzene rings is 1. The molecule has 1 saturated heterocycles. The van der Waals surface area contributed by atoms with Crippen molar-refractivity contribution in [1.29, 1.82) is 0 Å². The minimum absolute atomic E-state index is 0.102. The lowest BCUT2D eigenvalue weighted by atomic mass is 10.0. The highest BCUT2D eigenvalue weighted by molar-refractivity contribution is 5.97. The van der Waals surface area contributed by atoms with Gasteiger partial charge in [0.1, 0.15) is 17.3 Å². The monoisotopic (exact) mass is 413 g/mol. The van der Waals surface area contributed by atoms with Crippen LogP contribution in [-0.2, 0) is 19.5 Å². The summed E-state index contributed by atoms with van der Waals surface area (Å²) in [6.45, 7) is 12.1. The average Bonchev–Trinajstić information content (AvgIpc) is 3.09. The topological polar surface area (TPSA) is 39.9 Å². The lowest BCUT2D eigenvalue weighted by molar-refractivity contribution is 0.0576. The summed E-state index contributed by atoms with van der Waals surface area (Å²) < 4.78 is 19.2. The number of rotatable bonds is 5. The highest BCUT2D eigenvalue weighted by Gasteiger charge is 2.32. The van der Waals surface area contributed by atoms with E-state index in [2.05, 4.69) is 23.6 Å². The summed E-state index contributed by atoms with van der Waals surface area (Å²) in [7, 11) is 0. The predicted molar refractivity (Wildman–Crippen MR) is 115 cm³/mol. The summed E-state index contributed by atoms with van der Waals surface area (Å²) >= 11 is 0. The maximum absolute atomic E-state index is 13.4. The van der Waals surface area contributed by atoms with Crippen molar-refractivity contribution in [3.05, 3.63) is 58.3 Å². The molecular weight excluding hydrogens is 381 g/mol. The number of amides is 1. The van der Waals surface area contributed by atoms with E-state index in [4.69, 9.17) is 4.42 Å². The van der Waals surface area contributed by atoms with E-state index in [1.54, 1.807) is 0 Å². The number of fused-ring (bicyclic) bond motifs is 1. The zero-order chi connectivity index (χ0) is 21.3. The molecule has 0 N–H and O–H groups in total. The van der Waals surface area contributed by atoms with Gasteiger partial charge in [-0.2, -0.15) is 0 Å². The molecule has 2 aromatic rings. The molecule has 2 aliphatic rings. The largest absolute Gasteiger partial charge is 0.465 e. The van der Waals surface area contributed by atoms with Crippen LogP contribution in [0.2, 0.25) is 0 Å². The highest BCUT2D eigenvalue weighted by atomic mass is 19.1. The first-order chi connectivity index (χ1) is 14.5. The summed E-state index contributed by atoms with van der Waals surface area (Å²) in [5.41, 5.74) is 2.87. The van der Waals surface area contributed by atoms with Crippen molar-refractivity contribution in [3.8, 4) is 0 Å². The van der Waals surface area contributed by atoms with Crippen molar-refractivity contribution in [1.82, 2.24) is 14.7 Å². The Balaban J connectivity index is 1.46. The van der Waals surface area contributed by atoms with Crippen LogP contribution in [0, 0.1) is 12.7 Å². The highest BCUT2D eigenvalue weighted by Crippen LogP contribution is 2.30. The van der Waals surface area contributed by atoms with Crippen molar-refractivity contribution in [2.45, 2.75) is 52.7 Å². The first-order valence-corrected chi connectivity index (χ1v) is 11.1. The maximum atomic E-state index is 13.4. The second-order valence-electron chi connectivity index (χ2n) is 8.61. The molecule has 4 rings (SSSR count). The molecule has 0 saturated carbocycles. The lowest BCUT2D eigenvalue weighted by Crippen LogP contribution is -2.51. The molecule has 0 bridgehead atoms. The van der Waals surface area contributed by atoms with Crippen LogP contribution in [0.1, 0.15) is 53.3 Å². The Hall–Kier alpha value is -2.18. The molecule has 0 radical (unpaired) electrons. The number of aryl methyl sites for hydroxylation is 1. The minimum atomic E-state index is -0.216. The molecule has 2 aliphatic heterocycles. The third-order valence-electron chi connectivity index (χ3n) is 6.65. The minimum Gasteiger partial charge on any atom is -0.465 e. The van der Waals surface area contributed by atoms with Crippen molar-refractivity contribution < 1.29 is 13.6 Å². The molecule has 1 amide bonds. The van der Waals surface area contributed by atoms with Crippen molar-refractivity contribution >= 4 is 5.91 Å². The Kier molecular flexibility index (Phi) is 6.25. The van der Waals surface area contributed by atoms with Crippen LogP contribution in [0.25, 0.3) is 0 Å². The molecule has 0 spiro atoms. The number of carbonyl (C=O) groups excluding carboxylic acids is 1. The molecule has 0 aliphatic carbocycles. The van der Waals surface area contributed by atoms with Gasteiger partial charge in [-0.15, -0.1) is 0 Å². The zero-order valence-electron chi connectivity index (χ0n) is 18.3. The first kappa shape index (κ1) is 21.1. The van der Waals surface area contributed by atoms with E-state index in [1.165, 1.54) is 12.1 Å². The van der Waals surface area contributed by atoms with Gasteiger partial charge in [-0.05, 0) is 38.0 Å². The fourth-order valence-electron chi connectivity index (χ4n) is 4.63. The number of nitrogens with zero attached hydrogens (tertiary/aromatic N) is 3. The Morgan fingerprint density at radius 2 is 1.83 bits per heavy atom. The van der Waals surface area contributed by atoms with Gasteiger partial charge in [-0.25, -0.2) is 4.39 Å². The predicted octanol–water partition coefficient (Wildman–Crippen LogP) is 3.84. The summed E-state index contributed by atoms with van der Waals surface area (Å²) in [4.78, 5) is 20.1. The van der Waals surface area contributed by atoms with Gasteiger partial charge in [0.15, 0.2) is 0 Å². The van der Waals surface area contributed by atoms with Crippen LogP contribution in [0.15, 0.2) is 28.7 Å². The standard InChI is InChI=1S/C24H32FN3O2/c1-4-17(2)27-11-13-28(14-12-27)24(29)23-18(3)30-22-9-10-26(16-21(22)23)15-19-5-7-20(25)8-6-19/h5-8,17H,4,9-16H2,1-3H3. The van der Waals surface area contributed by atoms with Crippen LogP contribution in [0.4, 0.5) is 4.39 Å². The molecule has 30 heavy (non-hydrogen) atoms. The Bertz CT molecular complexity index is 885. The smallest absolute Gasteiger partial charge is 0.257 e. The number of piperazine rings is 1. The normalized spacial score (nSPS) is 19.0. The van der Waals surface area contributed by atoms with Crippen molar-refractivity contribution in [2.24, 2.45) is 0 Å². The number of hydrogen-bond acceptors (Lipinski definition) is 4.